The van der Waals surface area contributed by atoms with Gasteiger partial charge in [-0.2, -0.15) is 0 Å². The highest BCUT2D eigenvalue weighted by Crippen LogP contribution is 2.42. The molecule has 2 aromatic rings. The fourth-order valence-corrected chi connectivity index (χ4v) is 3.20. The zero-order valence-corrected chi connectivity index (χ0v) is 12.4. The minimum Gasteiger partial charge on any atom is -0.408 e. The molecule has 2 unspecified atom stereocenters. The molecule has 1 aliphatic heterocycles. The second kappa shape index (κ2) is 4.93. The summed E-state index contributed by atoms with van der Waals surface area (Å²) < 4.78 is 12.7. The van der Waals surface area contributed by atoms with Gasteiger partial charge in [-0.15, -0.1) is 11.6 Å². The highest BCUT2D eigenvalue weighted by atomic mass is 35.5. The largest absolute Gasteiger partial charge is 0.419 e. The maximum Gasteiger partial charge on any atom is 0.419 e. The quantitative estimate of drug-likeness (QED) is 0.815. The van der Waals surface area contributed by atoms with Gasteiger partial charge >= 0.3 is 5.76 Å². The summed E-state index contributed by atoms with van der Waals surface area (Å²) in [5, 5.41) is -0.246. The number of fused-ring (bicyclic) bond motifs is 1. The summed E-state index contributed by atoms with van der Waals surface area (Å²) >= 11 is 6.58. The zero-order chi connectivity index (χ0) is 14.3. The highest BCUT2D eigenvalue weighted by molar-refractivity contribution is 6.21. The number of hydrogen-bond acceptors (Lipinski definition) is 3. The summed E-state index contributed by atoms with van der Waals surface area (Å²) in [4.78, 5) is 11.7. The van der Waals surface area contributed by atoms with Crippen LogP contribution in [0.1, 0.15) is 37.6 Å². The van der Waals surface area contributed by atoms with Crippen LogP contribution in [0.4, 0.5) is 0 Å². The van der Waals surface area contributed by atoms with E-state index in [0.29, 0.717) is 12.1 Å². The number of oxazole rings is 1. The van der Waals surface area contributed by atoms with Gasteiger partial charge in [-0.05, 0) is 44.4 Å². The number of aryl methyl sites for hydroxylation is 1. The molecule has 1 aromatic heterocycles. The highest BCUT2D eigenvalue weighted by Gasteiger charge is 2.38. The monoisotopic (exact) mass is 295 g/mol. The Hall–Kier alpha value is -1.26. The lowest BCUT2D eigenvalue weighted by atomic mass is 9.93. The normalized spacial score (nSPS) is 24.4. The molecule has 3 rings (SSSR count). The molecule has 2 heterocycles. The van der Waals surface area contributed by atoms with Crippen LogP contribution in [-0.2, 0) is 11.3 Å². The Morgan fingerprint density at radius 2 is 2.30 bits per heavy atom. The molecule has 0 N–H and O–H groups in total. The number of aromatic nitrogens is 1. The van der Waals surface area contributed by atoms with Gasteiger partial charge in [0, 0.05) is 13.2 Å². The van der Waals surface area contributed by atoms with Crippen LogP contribution >= 0.6 is 11.6 Å². The van der Waals surface area contributed by atoms with Crippen molar-refractivity contribution in [3.05, 3.63) is 34.3 Å². The third kappa shape index (κ3) is 2.07. The SMILES string of the molecule is CCn1c(=O)oc2cc(C(Cl)C3(C)CCCO3)ccc21. The molecule has 4 nitrogen and oxygen atoms in total. The Bertz CT molecular complexity index is 682. The van der Waals surface area contributed by atoms with Crippen molar-refractivity contribution in [1.82, 2.24) is 4.57 Å². The van der Waals surface area contributed by atoms with E-state index >= 15 is 0 Å². The van der Waals surface area contributed by atoms with Crippen molar-refractivity contribution >= 4 is 22.7 Å². The van der Waals surface area contributed by atoms with E-state index in [4.69, 9.17) is 20.8 Å². The number of benzene rings is 1. The molecule has 2 atom stereocenters. The van der Waals surface area contributed by atoms with Crippen molar-refractivity contribution in [2.45, 2.75) is 44.2 Å². The van der Waals surface area contributed by atoms with Crippen LogP contribution in [0.15, 0.2) is 27.4 Å². The van der Waals surface area contributed by atoms with Gasteiger partial charge in [-0.3, -0.25) is 4.57 Å². The Balaban J connectivity index is 2.03. The van der Waals surface area contributed by atoms with Crippen LogP contribution in [0.3, 0.4) is 0 Å². The van der Waals surface area contributed by atoms with Crippen LogP contribution in [0, 0.1) is 0 Å². The van der Waals surface area contributed by atoms with Crippen molar-refractivity contribution < 1.29 is 9.15 Å². The van der Waals surface area contributed by atoms with E-state index < -0.39 is 0 Å². The van der Waals surface area contributed by atoms with Crippen molar-refractivity contribution in [3.63, 3.8) is 0 Å². The first-order chi connectivity index (χ1) is 9.55. The molecule has 1 saturated heterocycles. The third-order valence-electron chi connectivity index (χ3n) is 4.09. The number of halogens is 1. The van der Waals surface area contributed by atoms with Crippen molar-refractivity contribution in [3.8, 4) is 0 Å². The number of rotatable bonds is 3. The van der Waals surface area contributed by atoms with E-state index in [0.717, 1.165) is 30.5 Å². The average molecular weight is 296 g/mol. The lowest BCUT2D eigenvalue weighted by molar-refractivity contribution is 0.0164. The fourth-order valence-electron chi connectivity index (χ4n) is 2.89. The summed E-state index contributed by atoms with van der Waals surface area (Å²) in [7, 11) is 0. The third-order valence-corrected chi connectivity index (χ3v) is 4.80. The number of ether oxygens (including phenoxy) is 1. The Morgan fingerprint density at radius 1 is 1.50 bits per heavy atom. The van der Waals surface area contributed by atoms with Crippen LogP contribution in [0.25, 0.3) is 11.1 Å². The van der Waals surface area contributed by atoms with Crippen molar-refractivity contribution in [1.29, 1.82) is 0 Å². The topological polar surface area (TPSA) is 44.4 Å². The second-order valence-electron chi connectivity index (χ2n) is 5.47. The molecule has 0 bridgehead atoms. The summed E-state index contributed by atoms with van der Waals surface area (Å²) in [6.45, 7) is 5.30. The first kappa shape index (κ1) is 13.7. The maximum atomic E-state index is 11.7. The molecule has 0 spiro atoms. The second-order valence-corrected chi connectivity index (χ2v) is 5.90. The number of hydrogen-bond donors (Lipinski definition) is 0. The van der Waals surface area contributed by atoms with Gasteiger partial charge in [0.05, 0.1) is 16.5 Å². The van der Waals surface area contributed by atoms with Gasteiger partial charge in [-0.25, -0.2) is 4.79 Å². The molecule has 0 saturated carbocycles. The average Bonchev–Trinajstić information content (AvgIpc) is 3.00. The van der Waals surface area contributed by atoms with Gasteiger partial charge in [0.1, 0.15) is 0 Å². The molecule has 0 aliphatic carbocycles. The Morgan fingerprint density at radius 3 is 2.95 bits per heavy atom. The standard InChI is InChI=1S/C15H18ClNO3/c1-3-17-11-6-5-10(9-12(11)20-14(17)18)13(16)15(2)7-4-8-19-15/h5-6,9,13H,3-4,7-8H2,1-2H3. The molecule has 1 fully saturated rings. The van der Waals surface area contributed by atoms with Crippen LogP contribution in [0.2, 0.25) is 0 Å². The molecule has 5 heteroatoms. The Labute approximate surface area is 122 Å². The summed E-state index contributed by atoms with van der Waals surface area (Å²) in [5.41, 5.74) is 1.98. The van der Waals surface area contributed by atoms with E-state index in [1.165, 1.54) is 0 Å². The minimum absolute atomic E-state index is 0.246. The van der Waals surface area contributed by atoms with Crippen LogP contribution in [-0.4, -0.2) is 16.8 Å². The number of nitrogens with zero attached hydrogens (tertiary/aromatic N) is 1. The summed E-state index contributed by atoms with van der Waals surface area (Å²) in [6.07, 6.45) is 1.97. The van der Waals surface area contributed by atoms with Gasteiger partial charge in [0.2, 0.25) is 0 Å². The fraction of sp³-hybridized carbons (Fsp3) is 0.533. The molecule has 0 amide bonds. The molecule has 20 heavy (non-hydrogen) atoms. The smallest absolute Gasteiger partial charge is 0.408 e. The van der Waals surface area contributed by atoms with Gasteiger partial charge in [0.25, 0.3) is 0 Å². The van der Waals surface area contributed by atoms with E-state index in [2.05, 4.69) is 0 Å². The van der Waals surface area contributed by atoms with Gasteiger partial charge in [-0.1, -0.05) is 6.07 Å². The maximum absolute atomic E-state index is 11.7. The summed E-state index contributed by atoms with van der Waals surface area (Å²) in [6, 6.07) is 5.70. The molecule has 1 aliphatic rings. The molecule has 1 aromatic carbocycles. The molecule has 108 valence electrons. The number of alkyl halides is 1. The van der Waals surface area contributed by atoms with E-state index in [1.807, 2.05) is 32.0 Å². The van der Waals surface area contributed by atoms with Crippen molar-refractivity contribution in [2.75, 3.05) is 6.61 Å². The Kier molecular flexibility index (Phi) is 3.38. The molecular formula is C15H18ClNO3. The van der Waals surface area contributed by atoms with Crippen LogP contribution < -0.4 is 5.76 Å². The first-order valence-corrected chi connectivity index (χ1v) is 7.40. The van der Waals surface area contributed by atoms with Crippen LogP contribution in [0.5, 0.6) is 0 Å². The lowest BCUT2D eigenvalue weighted by Crippen LogP contribution is -2.28. The molecule has 0 radical (unpaired) electrons. The van der Waals surface area contributed by atoms with Gasteiger partial charge in [0.15, 0.2) is 5.58 Å². The summed E-state index contributed by atoms with van der Waals surface area (Å²) in [5.74, 6) is -0.325. The first-order valence-electron chi connectivity index (χ1n) is 6.96. The van der Waals surface area contributed by atoms with Crippen molar-refractivity contribution in [2.24, 2.45) is 0 Å². The molecular weight excluding hydrogens is 278 g/mol. The van der Waals surface area contributed by atoms with Gasteiger partial charge < -0.3 is 9.15 Å². The predicted molar refractivity (Wildman–Crippen MR) is 78.3 cm³/mol. The zero-order valence-electron chi connectivity index (χ0n) is 11.7. The van der Waals surface area contributed by atoms with E-state index in [1.54, 1.807) is 4.57 Å². The predicted octanol–water partition coefficient (Wildman–Crippen LogP) is 3.46. The minimum atomic E-state index is -0.344. The van der Waals surface area contributed by atoms with E-state index in [-0.39, 0.29) is 16.7 Å². The lowest BCUT2D eigenvalue weighted by Gasteiger charge is -2.29. The van der Waals surface area contributed by atoms with E-state index in [9.17, 15) is 4.79 Å².